The van der Waals surface area contributed by atoms with E-state index >= 15 is 0 Å². The van der Waals surface area contributed by atoms with Crippen LogP contribution in [-0.4, -0.2) is 20.9 Å². The van der Waals surface area contributed by atoms with Crippen LogP contribution in [0.1, 0.15) is 84.1 Å². The van der Waals surface area contributed by atoms with Crippen LogP contribution in [0.5, 0.6) is 0 Å². The number of allylic oxidation sites excluding steroid dienone is 2. The number of hydrogen-bond donors (Lipinski definition) is 1. The van der Waals surface area contributed by atoms with Crippen LogP contribution in [0.4, 0.5) is 0 Å². The van der Waals surface area contributed by atoms with Crippen molar-refractivity contribution in [2.45, 2.75) is 86.5 Å². The van der Waals surface area contributed by atoms with Crippen molar-refractivity contribution in [2.75, 3.05) is 0 Å². The first-order chi connectivity index (χ1) is 25.3. The summed E-state index contributed by atoms with van der Waals surface area (Å²) in [4.78, 5) is 21.3. The molecule has 3 aromatic heterocycles. The van der Waals surface area contributed by atoms with Gasteiger partial charge in [-0.15, -0.1) is 23.6 Å². The Hall–Kier alpha value is -4.38. The first kappa shape index (κ1) is 39.8. The van der Waals surface area contributed by atoms with Crippen molar-refractivity contribution in [2.24, 2.45) is 17.8 Å². The maximum atomic E-state index is 11.7. The summed E-state index contributed by atoms with van der Waals surface area (Å²) in [5.74, 6) is 2.16. The normalized spacial score (nSPS) is 12.4. The number of carbonyl (C=O) groups excluding carboxylic acids is 1. The van der Waals surface area contributed by atoms with Crippen LogP contribution in [0, 0.1) is 23.8 Å². The number of hydrogen-bond acceptors (Lipinski definition) is 5. The fourth-order valence-electron chi connectivity index (χ4n) is 7.65. The fourth-order valence-corrected chi connectivity index (χ4v) is 7.65. The number of aromatic nitrogens is 2. The molecule has 0 bridgehead atoms. The van der Waals surface area contributed by atoms with Crippen LogP contribution < -0.4 is 0 Å². The van der Waals surface area contributed by atoms with Crippen molar-refractivity contribution >= 4 is 27.5 Å². The first-order valence-corrected chi connectivity index (χ1v) is 19.1. The minimum absolute atomic E-state index is 0. The van der Waals surface area contributed by atoms with E-state index in [0.29, 0.717) is 5.92 Å². The van der Waals surface area contributed by atoms with Crippen molar-refractivity contribution in [3.05, 3.63) is 120 Å². The van der Waals surface area contributed by atoms with E-state index in [0.717, 1.165) is 83.9 Å². The Labute approximate surface area is 328 Å². The second-order valence-electron chi connectivity index (χ2n) is 14.4. The summed E-state index contributed by atoms with van der Waals surface area (Å²) in [6.45, 7) is 12.6. The molecule has 1 aliphatic carbocycles. The Balaban J connectivity index is 0.000000290. The largest absolute Gasteiger partial charge is 0.512 e. The maximum Gasteiger partial charge on any atom is 0.162 e. The standard InChI is InChI=1S/C34H27N2O.C13H24O2.Ir/c1-21(2)16-25-19-35-20-29-27(25)12-13-30-32(29)33-31(37-30)14-15-36-34(33)24-17-23-10-6-7-11-26(23)28(18-24)22-8-4-3-5-9-22;1-5-10(6-2)12(14)9-13(15)11(7-3)8-4;/h3-11,14-15,18-21H,12-13,16H2,1-2H3;9-11,14H,5-8H2,1-4H3;/q-1;;/b;12-9-;. The number of furan rings is 1. The zero-order valence-electron chi connectivity index (χ0n) is 31.8. The molecule has 3 heterocycles. The molecule has 0 saturated carbocycles. The molecular weight excluding hydrogens is 833 g/mol. The molecule has 7 rings (SSSR count). The second-order valence-corrected chi connectivity index (χ2v) is 14.4. The van der Waals surface area contributed by atoms with Gasteiger partial charge in [-0.25, -0.2) is 0 Å². The maximum absolute atomic E-state index is 11.7. The molecule has 1 N–H and O–H groups in total. The van der Waals surface area contributed by atoms with Crippen molar-refractivity contribution in [3.63, 3.8) is 0 Å². The summed E-state index contributed by atoms with van der Waals surface area (Å²) in [5.41, 5.74) is 10.2. The Kier molecular flexibility index (Phi) is 13.6. The summed E-state index contributed by atoms with van der Waals surface area (Å²) in [6.07, 6.45) is 13.7. The molecule has 0 aliphatic heterocycles. The molecule has 0 spiro atoms. The quantitative estimate of drug-likeness (QED) is 0.0797. The van der Waals surface area contributed by atoms with Gasteiger partial charge in [-0.2, -0.15) is 0 Å². The van der Waals surface area contributed by atoms with Crippen LogP contribution in [0.2, 0.25) is 0 Å². The molecular formula is C47H51IrN2O3-. The number of aliphatic hydroxyl groups excluding tert-OH is 1. The van der Waals surface area contributed by atoms with E-state index in [1.54, 1.807) is 0 Å². The molecule has 0 amide bonds. The molecule has 0 fully saturated rings. The molecule has 277 valence electrons. The minimum atomic E-state index is 0. The average molecular weight is 884 g/mol. The van der Waals surface area contributed by atoms with Crippen molar-refractivity contribution in [1.82, 2.24) is 9.97 Å². The Morgan fingerprint density at radius 2 is 1.58 bits per heavy atom. The molecule has 0 unspecified atom stereocenters. The minimum Gasteiger partial charge on any atom is -0.512 e. The van der Waals surface area contributed by atoms with Gasteiger partial charge >= 0.3 is 0 Å². The summed E-state index contributed by atoms with van der Waals surface area (Å²) >= 11 is 0. The number of fused-ring (bicyclic) bond motifs is 6. The number of ketones is 1. The molecule has 53 heavy (non-hydrogen) atoms. The van der Waals surface area contributed by atoms with Gasteiger partial charge < -0.3 is 9.52 Å². The molecule has 6 heteroatoms. The van der Waals surface area contributed by atoms with Gasteiger partial charge in [-0.1, -0.05) is 107 Å². The van der Waals surface area contributed by atoms with E-state index in [4.69, 9.17) is 9.40 Å². The van der Waals surface area contributed by atoms with Crippen LogP contribution in [0.3, 0.4) is 0 Å². The number of aryl methyl sites for hydroxylation is 1. The Bertz CT molecular complexity index is 2190. The molecule has 5 nitrogen and oxygen atoms in total. The number of aliphatic hydroxyl groups is 1. The first-order valence-electron chi connectivity index (χ1n) is 19.1. The monoisotopic (exact) mass is 884 g/mol. The fraction of sp³-hybridized carbons (Fsp3) is 0.340. The van der Waals surface area contributed by atoms with E-state index < -0.39 is 0 Å². The smallest absolute Gasteiger partial charge is 0.162 e. The Morgan fingerprint density at radius 3 is 2.28 bits per heavy atom. The van der Waals surface area contributed by atoms with E-state index in [9.17, 15) is 9.90 Å². The van der Waals surface area contributed by atoms with Gasteiger partial charge in [0.2, 0.25) is 0 Å². The number of benzene rings is 3. The van der Waals surface area contributed by atoms with Gasteiger partial charge in [0.25, 0.3) is 0 Å². The average Bonchev–Trinajstić information content (AvgIpc) is 3.55. The van der Waals surface area contributed by atoms with Crippen LogP contribution in [0.15, 0.2) is 102 Å². The van der Waals surface area contributed by atoms with Gasteiger partial charge in [0.1, 0.15) is 11.3 Å². The predicted octanol–water partition coefficient (Wildman–Crippen LogP) is 12.3. The second kappa shape index (κ2) is 18.1. The summed E-state index contributed by atoms with van der Waals surface area (Å²) in [5, 5.41) is 13.1. The molecule has 3 aromatic carbocycles. The number of nitrogens with zero attached hydrogens (tertiary/aromatic N) is 2. The van der Waals surface area contributed by atoms with Crippen LogP contribution in [0.25, 0.3) is 55.3 Å². The molecule has 1 radical (unpaired) electrons. The third-order valence-corrected chi connectivity index (χ3v) is 10.5. The van der Waals surface area contributed by atoms with Gasteiger partial charge in [0.15, 0.2) is 5.78 Å². The third kappa shape index (κ3) is 8.56. The summed E-state index contributed by atoms with van der Waals surface area (Å²) < 4.78 is 6.45. The summed E-state index contributed by atoms with van der Waals surface area (Å²) in [7, 11) is 0. The van der Waals surface area contributed by atoms with Gasteiger partial charge in [0.05, 0.1) is 5.76 Å². The van der Waals surface area contributed by atoms with Crippen molar-refractivity contribution in [3.8, 4) is 33.5 Å². The SMILES string of the molecule is CC(C)Cc1cncc2c1CCc1oc3ccnc(-c4[c-]c5ccccc5c(-c5ccccc5)c4)c3c1-2.CCC(CC)C(=O)/C=C(\O)C(CC)CC.[Ir]. The number of pyridine rings is 2. The number of carbonyl (C=O) groups is 1. The summed E-state index contributed by atoms with van der Waals surface area (Å²) in [6, 6.07) is 26.9. The van der Waals surface area contributed by atoms with E-state index in [2.05, 4.69) is 91.8 Å². The van der Waals surface area contributed by atoms with Crippen LogP contribution >= 0.6 is 0 Å². The Morgan fingerprint density at radius 1 is 0.887 bits per heavy atom. The molecule has 6 aromatic rings. The van der Waals surface area contributed by atoms with Gasteiger partial charge in [0, 0.05) is 85.2 Å². The predicted molar refractivity (Wildman–Crippen MR) is 214 cm³/mol. The van der Waals surface area contributed by atoms with E-state index in [1.807, 2.05) is 46.2 Å². The van der Waals surface area contributed by atoms with Gasteiger partial charge in [-0.05, 0) is 67.2 Å². The van der Waals surface area contributed by atoms with Crippen LogP contribution in [-0.2, 0) is 44.2 Å². The number of rotatable bonds is 11. The molecule has 0 saturated heterocycles. The zero-order chi connectivity index (χ0) is 36.8. The van der Waals surface area contributed by atoms with Gasteiger partial charge in [-0.3, -0.25) is 14.8 Å². The van der Waals surface area contributed by atoms with Crippen molar-refractivity contribution < 1.29 is 34.4 Å². The molecule has 1 aliphatic rings. The zero-order valence-corrected chi connectivity index (χ0v) is 34.2. The van der Waals surface area contributed by atoms with E-state index in [-0.39, 0.29) is 43.5 Å². The molecule has 0 atom stereocenters. The van der Waals surface area contributed by atoms with Crippen molar-refractivity contribution in [1.29, 1.82) is 0 Å². The topological polar surface area (TPSA) is 76.2 Å². The third-order valence-electron chi connectivity index (χ3n) is 10.5. The van der Waals surface area contributed by atoms with E-state index in [1.165, 1.54) is 39.3 Å².